The van der Waals surface area contributed by atoms with Crippen molar-refractivity contribution in [3.05, 3.63) is 90.3 Å². The minimum atomic E-state index is -0.191. The van der Waals surface area contributed by atoms with Gasteiger partial charge in [-0.1, -0.05) is 29.8 Å². The molecule has 178 valence electrons. The van der Waals surface area contributed by atoms with E-state index < -0.39 is 0 Å². The van der Waals surface area contributed by atoms with Gasteiger partial charge in [0.25, 0.3) is 5.91 Å². The number of hydrogen-bond acceptors (Lipinski definition) is 6. The van der Waals surface area contributed by atoms with Crippen molar-refractivity contribution in [2.75, 3.05) is 25.0 Å². The highest BCUT2D eigenvalue weighted by Gasteiger charge is 2.14. The third kappa shape index (κ3) is 6.13. The van der Waals surface area contributed by atoms with Gasteiger partial charge >= 0.3 is 0 Å². The first-order valence-corrected chi connectivity index (χ1v) is 12.0. The first kappa shape index (κ1) is 22.8. The smallest absolute Gasteiger partial charge is 0.255 e. The molecular formula is C28H28N4O3. The average Bonchev–Trinajstić information content (AvgIpc) is 3.39. The van der Waals surface area contributed by atoms with E-state index in [1.807, 2.05) is 54.6 Å². The van der Waals surface area contributed by atoms with Crippen molar-refractivity contribution in [1.82, 2.24) is 15.0 Å². The van der Waals surface area contributed by atoms with Gasteiger partial charge in [-0.3, -0.25) is 4.79 Å². The molecular weight excluding hydrogens is 440 g/mol. The molecule has 2 heterocycles. The van der Waals surface area contributed by atoms with Gasteiger partial charge in [0.1, 0.15) is 11.5 Å². The second kappa shape index (κ2) is 11.0. The highest BCUT2D eigenvalue weighted by molar-refractivity contribution is 6.04. The first-order chi connectivity index (χ1) is 17.2. The lowest BCUT2D eigenvalue weighted by Gasteiger charge is -2.25. The fourth-order valence-corrected chi connectivity index (χ4v) is 4.12. The Morgan fingerprint density at radius 1 is 0.886 bits per heavy atom. The van der Waals surface area contributed by atoms with Gasteiger partial charge in [-0.25, -0.2) is 0 Å². The normalized spacial score (nSPS) is 13.9. The molecule has 5 rings (SSSR count). The van der Waals surface area contributed by atoms with Gasteiger partial charge < -0.3 is 19.5 Å². The topological polar surface area (TPSA) is 80.5 Å². The minimum Gasteiger partial charge on any atom is -0.457 e. The summed E-state index contributed by atoms with van der Waals surface area (Å²) in [6.45, 7) is 3.26. The van der Waals surface area contributed by atoms with Gasteiger partial charge in [-0.15, -0.1) is 0 Å². The van der Waals surface area contributed by atoms with Crippen LogP contribution in [0.2, 0.25) is 0 Å². The molecule has 0 bridgehead atoms. The molecule has 1 aliphatic rings. The van der Waals surface area contributed by atoms with Crippen LogP contribution in [0.5, 0.6) is 11.5 Å². The molecule has 1 N–H and O–H groups in total. The van der Waals surface area contributed by atoms with Crippen molar-refractivity contribution in [3.8, 4) is 22.9 Å². The van der Waals surface area contributed by atoms with Crippen molar-refractivity contribution in [1.29, 1.82) is 0 Å². The molecule has 1 aromatic heterocycles. The molecule has 0 aliphatic carbocycles. The Balaban J connectivity index is 1.15. The number of ether oxygens (including phenoxy) is 1. The van der Waals surface area contributed by atoms with Crippen molar-refractivity contribution in [2.45, 2.75) is 25.7 Å². The molecule has 3 aromatic carbocycles. The maximum atomic E-state index is 12.6. The van der Waals surface area contributed by atoms with E-state index in [1.54, 1.807) is 24.3 Å². The molecule has 0 radical (unpaired) electrons. The predicted octanol–water partition coefficient (Wildman–Crippen LogP) is 5.81. The Kier molecular flexibility index (Phi) is 7.15. The van der Waals surface area contributed by atoms with Gasteiger partial charge in [0.05, 0.1) is 0 Å². The van der Waals surface area contributed by atoms with E-state index in [0.717, 1.165) is 37.4 Å². The van der Waals surface area contributed by atoms with E-state index in [4.69, 9.17) is 9.26 Å². The van der Waals surface area contributed by atoms with Crippen molar-refractivity contribution in [3.63, 3.8) is 0 Å². The lowest BCUT2D eigenvalue weighted by molar-refractivity contribution is 0.102. The number of likely N-dealkylation sites (tertiary alicyclic amines) is 1. The SMILES string of the molecule is O=C(Nc1ccc(-c2noc(CCN3CCCCC3)n2)cc1)c1ccc(Oc2ccccc2)cc1. The zero-order valence-electron chi connectivity index (χ0n) is 19.5. The predicted molar refractivity (Wildman–Crippen MR) is 135 cm³/mol. The van der Waals surface area contributed by atoms with Gasteiger partial charge in [-0.05, 0) is 86.6 Å². The number of benzene rings is 3. The number of amides is 1. The molecule has 0 atom stereocenters. The van der Waals surface area contributed by atoms with Crippen LogP contribution in [-0.4, -0.2) is 40.6 Å². The number of piperidine rings is 1. The third-order valence-electron chi connectivity index (χ3n) is 6.06. The van der Waals surface area contributed by atoms with E-state index in [9.17, 15) is 4.79 Å². The Labute approximate surface area is 204 Å². The molecule has 0 saturated carbocycles. The molecule has 4 aromatic rings. The maximum absolute atomic E-state index is 12.6. The minimum absolute atomic E-state index is 0.191. The number of nitrogens with one attached hydrogen (secondary N) is 1. The quantitative estimate of drug-likeness (QED) is 0.352. The zero-order valence-corrected chi connectivity index (χ0v) is 19.5. The third-order valence-corrected chi connectivity index (χ3v) is 6.06. The van der Waals surface area contributed by atoms with Gasteiger partial charge in [0, 0.05) is 29.8 Å². The number of carbonyl (C=O) groups excluding carboxylic acids is 1. The van der Waals surface area contributed by atoms with E-state index in [2.05, 4.69) is 20.4 Å². The summed E-state index contributed by atoms with van der Waals surface area (Å²) in [6.07, 6.45) is 4.63. The van der Waals surface area contributed by atoms with Crippen LogP contribution < -0.4 is 10.1 Å². The molecule has 7 heteroatoms. The highest BCUT2D eigenvalue weighted by Crippen LogP contribution is 2.23. The van der Waals surface area contributed by atoms with Gasteiger partial charge in [-0.2, -0.15) is 4.98 Å². The molecule has 0 unspecified atom stereocenters. The molecule has 1 fully saturated rings. The van der Waals surface area contributed by atoms with Crippen LogP contribution in [0.4, 0.5) is 5.69 Å². The van der Waals surface area contributed by atoms with E-state index in [0.29, 0.717) is 28.7 Å². The summed E-state index contributed by atoms with van der Waals surface area (Å²) < 4.78 is 11.2. The lowest BCUT2D eigenvalue weighted by Crippen LogP contribution is -2.31. The van der Waals surface area contributed by atoms with Gasteiger partial charge in [0.2, 0.25) is 11.7 Å². The Hall–Kier alpha value is -3.97. The summed E-state index contributed by atoms with van der Waals surface area (Å²) in [4.78, 5) is 19.6. The van der Waals surface area contributed by atoms with Crippen LogP contribution in [0, 0.1) is 0 Å². The van der Waals surface area contributed by atoms with E-state index in [-0.39, 0.29) is 5.91 Å². The second-order valence-electron chi connectivity index (χ2n) is 8.63. The second-order valence-corrected chi connectivity index (χ2v) is 8.63. The van der Waals surface area contributed by atoms with Crippen LogP contribution in [0.25, 0.3) is 11.4 Å². The van der Waals surface area contributed by atoms with Gasteiger partial charge in [0.15, 0.2) is 0 Å². The molecule has 1 amide bonds. The number of aromatic nitrogens is 2. The summed E-state index contributed by atoms with van der Waals surface area (Å²) in [5.41, 5.74) is 2.08. The van der Waals surface area contributed by atoms with Crippen molar-refractivity contribution in [2.24, 2.45) is 0 Å². The molecule has 1 aliphatic heterocycles. The zero-order chi connectivity index (χ0) is 23.9. The number of nitrogens with zero attached hydrogens (tertiary/aromatic N) is 3. The Morgan fingerprint density at radius 2 is 1.60 bits per heavy atom. The molecule has 0 spiro atoms. The number of para-hydroxylation sites is 1. The van der Waals surface area contributed by atoms with Crippen molar-refractivity contribution < 1.29 is 14.1 Å². The largest absolute Gasteiger partial charge is 0.457 e. The first-order valence-electron chi connectivity index (χ1n) is 12.0. The van der Waals surface area contributed by atoms with Crippen molar-refractivity contribution >= 4 is 11.6 Å². The maximum Gasteiger partial charge on any atom is 0.255 e. The van der Waals surface area contributed by atoms with E-state index >= 15 is 0 Å². The Morgan fingerprint density at radius 3 is 2.34 bits per heavy atom. The standard InChI is InChI=1S/C28H28N4O3/c33-28(22-11-15-25(16-12-22)34-24-7-3-1-4-8-24)29-23-13-9-21(10-14-23)27-30-26(35-31-27)17-20-32-18-5-2-6-19-32/h1,3-4,7-16H,2,5-6,17-20H2,(H,29,33). The number of hydrogen-bond donors (Lipinski definition) is 1. The number of rotatable bonds is 8. The Bertz CT molecular complexity index is 1230. The fraction of sp³-hybridized carbons (Fsp3) is 0.250. The summed E-state index contributed by atoms with van der Waals surface area (Å²) >= 11 is 0. The average molecular weight is 469 g/mol. The monoisotopic (exact) mass is 468 g/mol. The summed E-state index contributed by atoms with van der Waals surface area (Å²) in [5.74, 6) is 2.45. The molecule has 35 heavy (non-hydrogen) atoms. The summed E-state index contributed by atoms with van der Waals surface area (Å²) in [7, 11) is 0. The highest BCUT2D eigenvalue weighted by atomic mass is 16.5. The lowest BCUT2D eigenvalue weighted by atomic mass is 10.1. The van der Waals surface area contributed by atoms with Crippen LogP contribution in [0.3, 0.4) is 0 Å². The van der Waals surface area contributed by atoms with E-state index in [1.165, 1.54) is 19.3 Å². The summed E-state index contributed by atoms with van der Waals surface area (Å²) in [5, 5.41) is 7.04. The molecule has 7 nitrogen and oxygen atoms in total. The van der Waals surface area contributed by atoms with Crippen LogP contribution in [-0.2, 0) is 6.42 Å². The van der Waals surface area contributed by atoms with Crippen LogP contribution >= 0.6 is 0 Å². The summed E-state index contributed by atoms with van der Waals surface area (Å²) in [6, 6.07) is 24.0. The van der Waals surface area contributed by atoms with Crippen LogP contribution in [0.1, 0.15) is 35.5 Å². The molecule has 1 saturated heterocycles. The number of anilines is 1. The number of carbonyl (C=O) groups is 1. The fourth-order valence-electron chi connectivity index (χ4n) is 4.12. The van der Waals surface area contributed by atoms with Crippen LogP contribution in [0.15, 0.2) is 83.4 Å².